The van der Waals surface area contributed by atoms with Crippen LogP contribution in [0.2, 0.25) is 0 Å². The molecule has 1 N–H and O–H groups in total. The van der Waals surface area contributed by atoms with Crippen molar-refractivity contribution in [3.8, 4) is 0 Å². The van der Waals surface area contributed by atoms with Crippen molar-refractivity contribution >= 4 is 46.3 Å². The number of fused-ring (bicyclic) bond motifs is 1. The van der Waals surface area contributed by atoms with Crippen LogP contribution in [0.25, 0.3) is 10.9 Å². The Morgan fingerprint density at radius 2 is 2.00 bits per heavy atom. The molecule has 2 aromatic heterocycles. The maximum atomic E-state index is 13.5. The van der Waals surface area contributed by atoms with E-state index in [1.165, 1.54) is 28.8 Å². The number of hydrogen-bond donors (Lipinski definition) is 1. The fraction of sp³-hybridized carbons (Fsp3) is 0.304. The number of halogens is 2. The summed E-state index contributed by atoms with van der Waals surface area (Å²) in [6.07, 6.45) is 6.01. The number of nitrogens with one attached hydrogen (secondary N) is 1. The number of pyridine rings is 1. The Morgan fingerprint density at radius 3 is 2.63 bits per heavy atom. The lowest BCUT2D eigenvalue weighted by Crippen LogP contribution is -2.40. The zero-order valence-corrected chi connectivity index (χ0v) is 18.8. The zero-order valence-electron chi connectivity index (χ0n) is 17.2. The van der Waals surface area contributed by atoms with Crippen LogP contribution in [0.4, 0.5) is 10.1 Å². The molecule has 4 nitrogen and oxygen atoms in total. The molecule has 3 aromatic rings. The molecule has 1 fully saturated rings. The molecule has 1 saturated carbocycles. The maximum Gasteiger partial charge on any atom is 0.174 e. The van der Waals surface area contributed by atoms with Crippen molar-refractivity contribution in [1.29, 1.82) is 0 Å². The van der Waals surface area contributed by atoms with E-state index in [1.807, 2.05) is 17.2 Å². The van der Waals surface area contributed by atoms with Crippen LogP contribution in [0.3, 0.4) is 0 Å². The Labute approximate surface area is 188 Å². The van der Waals surface area contributed by atoms with E-state index in [0.29, 0.717) is 17.7 Å². The van der Waals surface area contributed by atoms with Crippen LogP contribution < -0.4 is 10.2 Å². The molecule has 0 bridgehead atoms. The number of thiocarbonyl (C=S) groups is 1. The summed E-state index contributed by atoms with van der Waals surface area (Å²) in [7, 11) is 0. The first-order chi connectivity index (χ1) is 14.0. The van der Waals surface area contributed by atoms with Crippen molar-refractivity contribution in [2.75, 3.05) is 4.90 Å². The van der Waals surface area contributed by atoms with Crippen molar-refractivity contribution in [2.24, 2.45) is 0 Å². The van der Waals surface area contributed by atoms with Gasteiger partial charge >= 0.3 is 0 Å². The molecule has 1 aromatic carbocycles. The van der Waals surface area contributed by atoms with Crippen molar-refractivity contribution < 1.29 is 4.39 Å². The Balaban J connectivity index is 0.00000256. The van der Waals surface area contributed by atoms with Gasteiger partial charge in [-0.25, -0.2) is 4.39 Å². The molecule has 1 aliphatic rings. The van der Waals surface area contributed by atoms with Crippen LogP contribution >= 0.6 is 24.6 Å². The van der Waals surface area contributed by atoms with Gasteiger partial charge in [0.2, 0.25) is 0 Å². The van der Waals surface area contributed by atoms with Crippen molar-refractivity contribution in [2.45, 2.75) is 45.8 Å². The van der Waals surface area contributed by atoms with Crippen LogP contribution in [-0.2, 0) is 13.1 Å². The van der Waals surface area contributed by atoms with Gasteiger partial charge in [-0.1, -0.05) is 6.08 Å². The Kier molecular flexibility index (Phi) is 6.78. The van der Waals surface area contributed by atoms with Gasteiger partial charge in [0, 0.05) is 35.6 Å². The average Bonchev–Trinajstić information content (AvgIpc) is 3.50. The Hall–Kier alpha value is -2.44. The molecule has 0 saturated heterocycles. The molecule has 0 amide bonds. The number of aromatic nitrogens is 2. The normalized spacial score (nSPS) is 13.0. The van der Waals surface area contributed by atoms with E-state index < -0.39 is 0 Å². The van der Waals surface area contributed by atoms with Gasteiger partial charge in [0.25, 0.3) is 0 Å². The van der Waals surface area contributed by atoms with Crippen LogP contribution in [0.15, 0.2) is 49.2 Å². The van der Waals surface area contributed by atoms with E-state index in [4.69, 9.17) is 17.2 Å². The van der Waals surface area contributed by atoms with Crippen molar-refractivity contribution in [3.63, 3.8) is 0 Å². The van der Waals surface area contributed by atoms with E-state index >= 15 is 0 Å². The number of benzene rings is 1. The lowest BCUT2D eigenvalue weighted by molar-refractivity contribution is 0.627. The minimum Gasteiger partial charge on any atom is -0.360 e. The second-order valence-corrected chi connectivity index (χ2v) is 7.94. The van der Waals surface area contributed by atoms with Crippen molar-refractivity contribution in [3.05, 3.63) is 72.0 Å². The van der Waals surface area contributed by atoms with E-state index in [1.54, 1.807) is 12.1 Å². The molecule has 0 unspecified atom stereocenters. The summed E-state index contributed by atoms with van der Waals surface area (Å²) in [6.45, 7) is 9.39. The molecular formula is C23H26ClFN4S. The summed E-state index contributed by atoms with van der Waals surface area (Å²) in [4.78, 5) is 6.71. The smallest absolute Gasteiger partial charge is 0.174 e. The Bertz CT molecular complexity index is 1070. The predicted molar refractivity (Wildman–Crippen MR) is 128 cm³/mol. The molecule has 158 valence electrons. The standard InChI is InChI=1S/C23H25FN4S.ClH/c1-4-13-27-16(3)15(2)20-11-12-25-21(22(20)27)14-28(23(29)26-18-7-8-18)19-9-5-17(24)6-10-19;/h4-6,9-12,18H,1,7-8,13-14H2,2-3H3,(H,26,29);1H. The maximum absolute atomic E-state index is 13.5. The van der Waals surface area contributed by atoms with Gasteiger partial charge in [0.1, 0.15) is 5.82 Å². The number of hydrogen-bond acceptors (Lipinski definition) is 2. The summed E-state index contributed by atoms with van der Waals surface area (Å²) >= 11 is 5.71. The van der Waals surface area contributed by atoms with Crippen LogP contribution in [0, 0.1) is 19.7 Å². The van der Waals surface area contributed by atoms with Crippen LogP contribution in [0.5, 0.6) is 0 Å². The van der Waals surface area contributed by atoms with Gasteiger partial charge in [0.05, 0.1) is 17.8 Å². The number of allylic oxidation sites excluding steroid dienone is 1. The molecule has 0 aliphatic heterocycles. The molecule has 2 heterocycles. The quantitative estimate of drug-likeness (QED) is 0.405. The van der Waals surface area contributed by atoms with Gasteiger partial charge in [-0.3, -0.25) is 4.98 Å². The largest absolute Gasteiger partial charge is 0.360 e. The van der Waals surface area contributed by atoms with Gasteiger partial charge in [-0.15, -0.1) is 19.0 Å². The van der Waals surface area contributed by atoms with E-state index in [0.717, 1.165) is 36.3 Å². The minimum atomic E-state index is -0.263. The van der Waals surface area contributed by atoms with Gasteiger partial charge in [-0.2, -0.15) is 0 Å². The highest BCUT2D eigenvalue weighted by atomic mass is 35.5. The third kappa shape index (κ3) is 4.35. The third-order valence-electron chi connectivity index (χ3n) is 5.53. The summed E-state index contributed by atoms with van der Waals surface area (Å²) in [5, 5.41) is 5.24. The topological polar surface area (TPSA) is 33.1 Å². The summed E-state index contributed by atoms with van der Waals surface area (Å²) in [5.74, 6) is -0.263. The highest BCUT2D eigenvalue weighted by Gasteiger charge is 2.25. The number of rotatable bonds is 6. The van der Waals surface area contributed by atoms with E-state index in [2.05, 4.69) is 36.4 Å². The van der Waals surface area contributed by atoms with Gasteiger partial charge < -0.3 is 14.8 Å². The molecule has 0 spiro atoms. The first kappa shape index (κ1) is 22.2. The second-order valence-electron chi connectivity index (χ2n) is 7.55. The molecule has 1 aliphatic carbocycles. The van der Waals surface area contributed by atoms with E-state index in [9.17, 15) is 4.39 Å². The predicted octanol–water partition coefficient (Wildman–Crippen LogP) is 5.44. The molecule has 4 rings (SSSR count). The van der Waals surface area contributed by atoms with Crippen LogP contribution in [0.1, 0.15) is 29.8 Å². The highest BCUT2D eigenvalue weighted by Crippen LogP contribution is 2.29. The monoisotopic (exact) mass is 444 g/mol. The summed E-state index contributed by atoms with van der Waals surface area (Å²) in [6, 6.07) is 8.94. The van der Waals surface area contributed by atoms with E-state index in [-0.39, 0.29) is 18.2 Å². The fourth-order valence-electron chi connectivity index (χ4n) is 3.67. The molecule has 7 heteroatoms. The average molecular weight is 445 g/mol. The highest BCUT2D eigenvalue weighted by molar-refractivity contribution is 7.80. The number of nitrogens with zero attached hydrogens (tertiary/aromatic N) is 3. The third-order valence-corrected chi connectivity index (χ3v) is 5.87. The second kappa shape index (κ2) is 9.14. The molecular weight excluding hydrogens is 419 g/mol. The van der Waals surface area contributed by atoms with Gasteiger partial charge in [-0.05, 0) is 74.8 Å². The van der Waals surface area contributed by atoms with Crippen LogP contribution in [-0.4, -0.2) is 20.7 Å². The van der Waals surface area contributed by atoms with Gasteiger partial charge in [0.15, 0.2) is 5.11 Å². The fourth-order valence-corrected chi connectivity index (χ4v) is 4.01. The zero-order chi connectivity index (χ0) is 20.5. The first-order valence-electron chi connectivity index (χ1n) is 9.87. The number of anilines is 1. The molecule has 30 heavy (non-hydrogen) atoms. The Morgan fingerprint density at radius 1 is 1.30 bits per heavy atom. The first-order valence-corrected chi connectivity index (χ1v) is 10.3. The number of aryl methyl sites for hydroxylation is 1. The minimum absolute atomic E-state index is 0. The molecule has 0 atom stereocenters. The van der Waals surface area contributed by atoms with Crippen molar-refractivity contribution in [1.82, 2.24) is 14.9 Å². The molecule has 0 radical (unpaired) electrons. The summed E-state index contributed by atoms with van der Waals surface area (Å²) in [5.41, 5.74) is 5.34. The lowest BCUT2D eigenvalue weighted by atomic mass is 10.1. The SMILES string of the molecule is C=CCn1c(C)c(C)c2ccnc(CN(C(=S)NC3CC3)c3ccc(F)cc3)c21.Cl. The summed E-state index contributed by atoms with van der Waals surface area (Å²) < 4.78 is 15.7. The lowest BCUT2D eigenvalue weighted by Gasteiger charge is -2.26.